The van der Waals surface area contributed by atoms with Crippen LogP contribution in [0.15, 0.2) is 11.6 Å². The van der Waals surface area contributed by atoms with Gasteiger partial charge in [-0.1, -0.05) is 60.1 Å². The van der Waals surface area contributed by atoms with Crippen molar-refractivity contribution in [2.45, 2.75) is 112 Å². The highest BCUT2D eigenvalue weighted by Crippen LogP contribution is 2.75. The molecule has 10 atom stereocenters. The number of carboxylic acids is 1. The number of rotatable bonds is 1. The average Bonchev–Trinajstić information content (AvgIpc) is 2.74. The zero-order valence-corrected chi connectivity index (χ0v) is 22.2. The minimum Gasteiger partial charge on any atom is -0.481 e. The summed E-state index contributed by atoms with van der Waals surface area (Å²) in [5.74, 6) is 1.82. The third kappa shape index (κ3) is 2.75. The SMILES string of the molecule is C[C@@H]1[C@H](C)CC[C@]2(C(=O)O)CC[C@]3(C)C(=CC[C@@H]4[C@]5(C)CC[C@H](O)C(C)(C)[C@@H]5CC[C@@]43C)[C@@H]12. The van der Waals surface area contributed by atoms with Gasteiger partial charge in [-0.3, -0.25) is 4.79 Å². The number of hydrogen-bond acceptors (Lipinski definition) is 2. The number of aliphatic hydroxyl groups excluding tert-OH is 1. The Labute approximate surface area is 201 Å². The molecule has 0 saturated heterocycles. The molecule has 0 amide bonds. The van der Waals surface area contributed by atoms with Gasteiger partial charge in [-0.05, 0) is 109 Å². The Morgan fingerprint density at radius 3 is 2.27 bits per heavy atom. The van der Waals surface area contributed by atoms with Crippen LogP contribution < -0.4 is 0 Å². The number of carboxylic acid groups (broad SMARTS) is 1. The van der Waals surface area contributed by atoms with Crippen molar-refractivity contribution in [2.24, 2.45) is 56.7 Å². The van der Waals surface area contributed by atoms with Crippen molar-refractivity contribution in [2.75, 3.05) is 0 Å². The normalized spacial score (nSPS) is 55.3. The predicted octanol–water partition coefficient (Wildman–Crippen LogP) is 7.09. The lowest BCUT2D eigenvalue weighted by Gasteiger charge is -2.71. The molecule has 33 heavy (non-hydrogen) atoms. The lowest BCUT2D eigenvalue weighted by Crippen LogP contribution is -2.65. The van der Waals surface area contributed by atoms with Gasteiger partial charge in [0, 0.05) is 0 Å². The van der Waals surface area contributed by atoms with Crippen molar-refractivity contribution < 1.29 is 15.0 Å². The smallest absolute Gasteiger partial charge is 0.310 e. The summed E-state index contributed by atoms with van der Waals surface area (Å²) in [5.41, 5.74) is 1.46. The quantitative estimate of drug-likeness (QED) is 0.414. The molecule has 0 heterocycles. The van der Waals surface area contributed by atoms with E-state index in [4.69, 9.17) is 0 Å². The van der Waals surface area contributed by atoms with Gasteiger partial charge in [-0.25, -0.2) is 0 Å². The van der Waals surface area contributed by atoms with Crippen LogP contribution in [0.1, 0.15) is 106 Å². The van der Waals surface area contributed by atoms with Crippen LogP contribution in [0.3, 0.4) is 0 Å². The molecule has 2 N–H and O–H groups in total. The average molecular weight is 457 g/mol. The van der Waals surface area contributed by atoms with Gasteiger partial charge in [0.05, 0.1) is 11.5 Å². The van der Waals surface area contributed by atoms with Gasteiger partial charge in [0.25, 0.3) is 0 Å². The van der Waals surface area contributed by atoms with E-state index in [1.807, 2.05) is 0 Å². The van der Waals surface area contributed by atoms with Crippen LogP contribution in [0, 0.1) is 56.7 Å². The van der Waals surface area contributed by atoms with Crippen LogP contribution in [0.25, 0.3) is 0 Å². The summed E-state index contributed by atoms with van der Waals surface area (Å²) in [6.45, 7) is 17.0. The monoisotopic (exact) mass is 456 g/mol. The second-order valence-electron chi connectivity index (χ2n) is 14.5. The second kappa shape index (κ2) is 7.11. The van der Waals surface area contributed by atoms with Crippen LogP contribution in [0.2, 0.25) is 0 Å². The third-order valence-electron chi connectivity index (χ3n) is 13.4. The first-order valence-corrected chi connectivity index (χ1v) is 13.9. The molecule has 5 aliphatic rings. The summed E-state index contributed by atoms with van der Waals surface area (Å²) in [5, 5.41) is 21.4. The first kappa shape index (κ1) is 23.9. The van der Waals surface area contributed by atoms with Crippen molar-refractivity contribution in [1.82, 2.24) is 0 Å². The fraction of sp³-hybridized carbons (Fsp3) is 0.900. The van der Waals surface area contributed by atoms with Crippen LogP contribution in [0.5, 0.6) is 0 Å². The summed E-state index contributed by atoms with van der Waals surface area (Å²) < 4.78 is 0. The largest absolute Gasteiger partial charge is 0.481 e. The standard InChI is InChI=1S/C30H48O3/c1-18-10-15-30(25(32)33)17-16-28(6)20(24(30)19(18)2)8-9-22-27(5)13-12-23(31)26(3,4)21(27)11-14-29(22,28)7/h8,18-19,21-24,31H,9-17H2,1-7H3,(H,32,33)/t18-,19-,21+,22-,23+,24-,27-,28-,29+,30+/m1/s1. The van der Waals surface area contributed by atoms with Gasteiger partial charge in [-0.15, -0.1) is 0 Å². The highest BCUT2D eigenvalue weighted by atomic mass is 16.4. The van der Waals surface area contributed by atoms with E-state index in [1.54, 1.807) is 0 Å². The molecule has 0 aromatic rings. The summed E-state index contributed by atoms with van der Waals surface area (Å²) in [4.78, 5) is 12.8. The molecule has 0 aromatic heterocycles. The lowest BCUT2D eigenvalue weighted by atomic mass is 9.33. The van der Waals surface area contributed by atoms with Crippen LogP contribution in [-0.4, -0.2) is 22.3 Å². The number of fused-ring (bicyclic) bond motifs is 7. The summed E-state index contributed by atoms with van der Waals surface area (Å²) in [7, 11) is 0. The first-order valence-electron chi connectivity index (χ1n) is 13.9. The van der Waals surface area contributed by atoms with Gasteiger partial charge < -0.3 is 10.2 Å². The van der Waals surface area contributed by atoms with Crippen LogP contribution in [0.4, 0.5) is 0 Å². The number of carbonyl (C=O) groups is 1. The van der Waals surface area contributed by atoms with Gasteiger partial charge in [0.1, 0.15) is 0 Å². The molecule has 3 heteroatoms. The number of aliphatic carboxylic acids is 1. The highest BCUT2D eigenvalue weighted by molar-refractivity contribution is 5.76. The Morgan fingerprint density at radius 2 is 1.61 bits per heavy atom. The number of allylic oxidation sites excluding steroid dienone is 2. The molecule has 0 aliphatic heterocycles. The molecular weight excluding hydrogens is 408 g/mol. The Hall–Kier alpha value is -0.830. The van der Waals surface area contributed by atoms with Crippen molar-refractivity contribution in [3.05, 3.63) is 11.6 Å². The maximum absolute atomic E-state index is 12.8. The zero-order chi connectivity index (χ0) is 24.2. The minimum atomic E-state index is -0.557. The molecule has 186 valence electrons. The van der Waals surface area contributed by atoms with E-state index < -0.39 is 11.4 Å². The molecule has 4 fully saturated rings. The van der Waals surface area contributed by atoms with Gasteiger partial charge in [-0.2, -0.15) is 0 Å². The predicted molar refractivity (Wildman–Crippen MR) is 133 cm³/mol. The second-order valence-corrected chi connectivity index (χ2v) is 14.5. The maximum atomic E-state index is 12.8. The molecule has 0 unspecified atom stereocenters. The Morgan fingerprint density at radius 1 is 0.909 bits per heavy atom. The molecule has 5 rings (SSSR count). The fourth-order valence-corrected chi connectivity index (χ4v) is 10.8. The van der Waals surface area contributed by atoms with E-state index >= 15 is 0 Å². The maximum Gasteiger partial charge on any atom is 0.310 e. The Kier molecular flexibility index (Phi) is 5.15. The lowest BCUT2D eigenvalue weighted by molar-refractivity contribution is -0.206. The topological polar surface area (TPSA) is 57.5 Å². The first-order chi connectivity index (χ1) is 15.3. The van der Waals surface area contributed by atoms with E-state index in [2.05, 4.69) is 54.5 Å². The van der Waals surface area contributed by atoms with Crippen molar-refractivity contribution in [3.8, 4) is 0 Å². The van der Waals surface area contributed by atoms with Gasteiger partial charge in [0.2, 0.25) is 0 Å². The zero-order valence-electron chi connectivity index (χ0n) is 22.2. The highest BCUT2D eigenvalue weighted by Gasteiger charge is 2.69. The van der Waals surface area contributed by atoms with Crippen molar-refractivity contribution in [3.63, 3.8) is 0 Å². The number of hydrogen-bond donors (Lipinski definition) is 2. The Balaban J connectivity index is 1.61. The summed E-state index contributed by atoms with van der Waals surface area (Å²) in [6.07, 6.45) is 11.6. The molecular formula is C30H48O3. The van der Waals surface area contributed by atoms with E-state index in [-0.39, 0.29) is 33.7 Å². The third-order valence-corrected chi connectivity index (χ3v) is 13.4. The number of aliphatic hydroxyl groups is 1. The molecule has 0 bridgehead atoms. The summed E-state index contributed by atoms with van der Waals surface area (Å²) in [6, 6.07) is 0. The van der Waals surface area contributed by atoms with Crippen LogP contribution in [-0.2, 0) is 4.79 Å². The van der Waals surface area contributed by atoms with Crippen LogP contribution >= 0.6 is 0 Å². The van der Waals surface area contributed by atoms with E-state index in [1.165, 1.54) is 18.4 Å². The van der Waals surface area contributed by atoms with E-state index in [9.17, 15) is 15.0 Å². The minimum absolute atomic E-state index is 0.0302. The van der Waals surface area contributed by atoms with Crippen molar-refractivity contribution in [1.29, 1.82) is 0 Å². The molecule has 0 spiro atoms. The molecule has 0 aromatic carbocycles. The molecule has 4 saturated carbocycles. The van der Waals surface area contributed by atoms with Gasteiger partial charge >= 0.3 is 5.97 Å². The molecule has 3 nitrogen and oxygen atoms in total. The summed E-state index contributed by atoms with van der Waals surface area (Å²) >= 11 is 0. The molecule has 0 radical (unpaired) electrons. The molecule has 5 aliphatic carbocycles. The van der Waals surface area contributed by atoms with Gasteiger partial charge in [0.15, 0.2) is 0 Å². The Bertz CT molecular complexity index is 874. The van der Waals surface area contributed by atoms with Crippen molar-refractivity contribution >= 4 is 5.97 Å². The van der Waals surface area contributed by atoms with E-state index in [0.29, 0.717) is 23.7 Å². The van der Waals surface area contributed by atoms with E-state index in [0.717, 1.165) is 44.9 Å². The fourth-order valence-electron chi connectivity index (χ4n) is 10.8.